The zero-order chi connectivity index (χ0) is 12.6. The number of rotatable bonds is 1. The van der Waals surface area contributed by atoms with Crippen LogP contribution in [0.25, 0.3) is 0 Å². The standard InChI is InChI=1S/C12H16F3N/c1-11(2,3)9-6-4-5-8(7-9)10(16)12(13,14)15/h4-7,10H,16H2,1-3H3/t10-/m1/s1. The molecule has 1 aromatic carbocycles. The van der Waals surface area contributed by atoms with Crippen LogP contribution >= 0.6 is 0 Å². The van der Waals surface area contributed by atoms with Gasteiger partial charge < -0.3 is 5.73 Å². The molecule has 0 bridgehead atoms. The van der Waals surface area contributed by atoms with Gasteiger partial charge in [0, 0.05) is 0 Å². The van der Waals surface area contributed by atoms with E-state index in [4.69, 9.17) is 5.73 Å². The first-order valence-electron chi connectivity index (χ1n) is 5.05. The topological polar surface area (TPSA) is 26.0 Å². The predicted molar refractivity (Wildman–Crippen MR) is 58.1 cm³/mol. The van der Waals surface area contributed by atoms with E-state index in [2.05, 4.69) is 0 Å². The lowest BCUT2D eigenvalue weighted by Crippen LogP contribution is -2.28. The third kappa shape index (κ3) is 2.98. The number of nitrogens with two attached hydrogens (primary N) is 1. The number of alkyl halides is 3. The summed E-state index contributed by atoms with van der Waals surface area (Å²) in [5.41, 5.74) is 5.94. The van der Waals surface area contributed by atoms with Crippen molar-refractivity contribution in [1.29, 1.82) is 0 Å². The van der Waals surface area contributed by atoms with E-state index >= 15 is 0 Å². The van der Waals surface area contributed by atoms with Crippen LogP contribution in [-0.4, -0.2) is 6.18 Å². The van der Waals surface area contributed by atoms with Gasteiger partial charge >= 0.3 is 6.18 Å². The van der Waals surface area contributed by atoms with E-state index in [-0.39, 0.29) is 11.0 Å². The van der Waals surface area contributed by atoms with E-state index in [9.17, 15) is 13.2 Å². The van der Waals surface area contributed by atoms with E-state index in [0.717, 1.165) is 5.56 Å². The summed E-state index contributed by atoms with van der Waals surface area (Å²) in [4.78, 5) is 0. The zero-order valence-electron chi connectivity index (χ0n) is 9.60. The van der Waals surface area contributed by atoms with Gasteiger partial charge in [0.15, 0.2) is 0 Å². The van der Waals surface area contributed by atoms with Gasteiger partial charge in [0.2, 0.25) is 0 Å². The van der Waals surface area contributed by atoms with Crippen LogP contribution in [0.2, 0.25) is 0 Å². The summed E-state index contributed by atoms with van der Waals surface area (Å²) < 4.78 is 37.3. The van der Waals surface area contributed by atoms with Crippen molar-refractivity contribution in [3.63, 3.8) is 0 Å². The van der Waals surface area contributed by atoms with Gasteiger partial charge in [0.05, 0.1) is 0 Å². The van der Waals surface area contributed by atoms with Crippen molar-refractivity contribution in [2.24, 2.45) is 5.73 Å². The molecule has 1 nitrogen and oxygen atoms in total. The van der Waals surface area contributed by atoms with Gasteiger partial charge in [-0.15, -0.1) is 0 Å². The fraction of sp³-hybridized carbons (Fsp3) is 0.500. The number of hydrogen-bond donors (Lipinski definition) is 1. The third-order valence-electron chi connectivity index (χ3n) is 2.46. The smallest absolute Gasteiger partial charge is 0.316 e. The second kappa shape index (κ2) is 4.09. The molecule has 1 rings (SSSR count). The predicted octanol–water partition coefficient (Wildman–Crippen LogP) is 3.55. The average Bonchev–Trinajstić information content (AvgIpc) is 2.14. The molecule has 0 unspecified atom stereocenters. The van der Waals surface area contributed by atoms with Gasteiger partial charge in [-0.3, -0.25) is 0 Å². The molecule has 0 saturated heterocycles. The summed E-state index contributed by atoms with van der Waals surface area (Å²) >= 11 is 0. The summed E-state index contributed by atoms with van der Waals surface area (Å²) in [7, 11) is 0. The Bertz CT molecular complexity index is 363. The Morgan fingerprint density at radius 1 is 1.12 bits per heavy atom. The number of halogens is 3. The summed E-state index contributed by atoms with van der Waals surface area (Å²) in [5, 5.41) is 0. The van der Waals surface area contributed by atoms with Gasteiger partial charge in [-0.2, -0.15) is 13.2 Å². The number of benzene rings is 1. The summed E-state index contributed by atoms with van der Waals surface area (Å²) in [5.74, 6) is 0. The SMILES string of the molecule is CC(C)(C)c1cccc([C@@H](N)C(F)(F)F)c1. The van der Waals surface area contributed by atoms with Crippen LogP contribution < -0.4 is 5.73 Å². The lowest BCUT2D eigenvalue weighted by atomic mass is 9.85. The summed E-state index contributed by atoms with van der Waals surface area (Å²) in [6.45, 7) is 5.85. The molecular formula is C12H16F3N. The zero-order valence-corrected chi connectivity index (χ0v) is 9.60. The van der Waals surface area contributed by atoms with Crippen LogP contribution in [0.1, 0.15) is 37.9 Å². The minimum atomic E-state index is -4.39. The van der Waals surface area contributed by atoms with Crippen molar-refractivity contribution in [1.82, 2.24) is 0 Å². The first-order valence-corrected chi connectivity index (χ1v) is 5.05. The lowest BCUT2D eigenvalue weighted by Gasteiger charge is -2.22. The normalized spacial score (nSPS) is 14.9. The molecule has 0 radical (unpaired) electrons. The molecule has 16 heavy (non-hydrogen) atoms. The molecule has 0 spiro atoms. The van der Waals surface area contributed by atoms with Crippen molar-refractivity contribution in [2.45, 2.75) is 38.4 Å². The van der Waals surface area contributed by atoms with Crippen LogP contribution in [0.4, 0.5) is 13.2 Å². The molecule has 4 heteroatoms. The molecule has 0 aliphatic carbocycles. The van der Waals surface area contributed by atoms with Crippen LogP contribution in [0.3, 0.4) is 0 Å². The van der Waals surface area contributed by atoms with Crippen molar-refractivity contribution in [3.8, 4) is 0 Å². The van der Waals surface area contributed by atoms with E-state index in [1.54, 1.807) is 6.07 Å². The van der Waals surface area contributed by atoms with Gasteiger partial charge in [-0.1, -0.05) is 45.0 Å². The minimum absolute atomic E-state index is 0.111. The maximum atomic E-state index is 12.4. The maximum absolute atomic E-state index is 12.4. The van der Waals surface area contributed by atoms with E-state index in [1.165, 1.54) is 12.1 Å². The molecule has 0 aromatic heterocycles. The highest BCUT2D eigenvalue weighted by atomic mass is 19.4. The van der Waals surface area contributed by atoms with E-state index < -0.39 is 12.2 Å². The van der Waals surface area contributed by atoms with Crippen LogP contribution in [0.5, 0.6) is 0 Å². The molecule has 0 aliphatic rings. The largest absolute Gasteiger partial charge is 0.407 e. The third-order valence-corrected chi connectivity index (χ3v) is 2.46. The Hall–Kier alpha value is -1.03. The van der Waals surface area contributed by atoms with Crippen LogP contribution in [-0.2, 0) is 5.41 Å². The highest BCUT2D eigenvalue weighted by molar-refractivity contribution is 5.30. The van der Waals surface area contributed by atoms with Gasteiger partial charge in [-0.25, -0.2) is 0 Å². The first-order chi connectivity index (χ1) is 7.12. The fourth-order valence-corrected chi connectivity index (χ4v) is 1.39. The van der Waals surface area contributed by atoms with Crippen molar-refractivity contribution >= 4 is 0 Å². The van der Waals surface area contributed by atoms with E-state index in [0.29, 0.717) is 0 Å². The molecule has 1 aromatic rings. The molecule has 0 saturated carbocycles. The monoisotopic (exact) mass is 231 g/mol. The Kier molecular flexibility index (Phi) is 3.33. The minimum Gasteiger partial charge on any atom is -0.316 e. The Morgan fingerprint density at radius 2 is 1.69 bits per heavy atom. The highest BCUT2D eigenvalue weighted by Gasteiger charge is 2.38. The van der Waals surface area contributed by atoms with Gasteiger partial charge in [-0.05, 0) is 16.5 Å². The highest BCUT2D eigenvalue weighted by Crippen LogP contribution is 2.32. The quantitative estimate of drug-likeness (QED) is 0.786. The Labute approximate surface area is 93.5 Å². The molecule has 0 heterocycles. The second-order valence-corrected chi connectivity index (χ2v) is 4.89. The fourth-order valence-electron chi connectivity index (χ4n) is 1.39. The molecule has 90 valence electrons. The Morgan fingerprint density at radius 3 is 2.12 bits per heavy atom. The number of hydrogen-bond acceptors (Lipinski definition) is 1. The Balaban J connectivity index is 3.09. The first kappa shape index (κ1) is 13.0. The molecular weight excluding hydrogens is 215 g/mol. The molecule has 2 N–H and O–H groups in total. The molecule has 1 atom stereocenters. The van der Waals surface area contributed by atoms with Gasteiger partial charge in [0.1, 0.15) is 6.04 Å². The lowest BCUT2D eigenvalue weighted by molar-refractivity contribution is -0.149. The van der Waals surface area contributed by atoms with Gasteiger partial charge in [0.25, 0.3) is 0 Å². The molecule has 0 amide bonds. The average molecular weight is 231 g/mol. The summed E-state index contributed by atoms with van der Waals surface area (Å²) in [6, 6.07) is 4.45. The van der Waals surface area contributed by atoms with Crippen molar-refractivity contribution in [3.05, 3.63) is 35.4 Å². The van der Waals surface area contributed by atoms with Crippen molar-refractivity contribution < 1.29 is 13.2 Å². The maximum Gasteiger partial charge on any atom is 0.407 e. The summed E-state index contributed by atoms with van der Waals surface area (Å²) in [6.07, 6.45) is -4.39. The molecule has 0 aliphatic heterocycles. The van der Waals surface area contributed by atoms with Crippen LogP contribution in [0.15, 0.2) is 24.3 Å². The van der Waals surface area contributed by atoms with E-state index in [1.807, 2.05) is 26.8 Å². The molecule has 0 fully saturated rings. The van der Waals surface area contributed by atoms with Crippen molar-refractivity contribution in [2.75, 3.05) is 0 Å². The van der Waals surface area contributed by atoms with Crippen LogP contribution in [0, 0.1) is 0 Å². The second-order valence-electron chi connectivity index (χ2n) is 4.89.